The normalized spacial score (nSPS) is 16.0. The van der Waals surface area contributed by atoms with Gasteiger partial charge in [0.25, 0.3) is 5.91 Å². The van der Waals surface area contributed by atoms with E-state index >= 15 is 0 Å². The van der Waals surface area contributed by atoms with Gasteiger partial charge in [-0.2, -0.15) is 0 Å². The van der Waals surface area contributed by atoms with Crippen LogP contribution in [0, 0.1) is 5.92 Å². The van der Waals surface area contributed by atoms with Gasteiger partial charge in [-0.15, -0.1) is 0 Å². The van der Waals surface area contributed by atoms with E-state index in [-0.39, 0.29) is 12.5 Å². The number of hydrogen-bond donors (Lipinski definition) is 1. The number of carbonyl (C=O) groups is 1. The van der Waals surface area contributed by atoms with Crippen molar-refractivity contribution in [3.8, 4) is 5.75 Å². The van der Waals surface area contributed by atoms with Crippen LogP contribution in [0.4, 0.5) is 0 Å². The molecule has 2 rings (SSSR count). The zero-order valence-corrected chi connectivity index (χ0v) is 13.6. The molecule has 0 atom stereocenters. The van der Waals surface area contributed by atoms with Gasteiger partial charge in [0.15, 0.2) is 6.61 Å². The molecule has 1 saturated heterocycles. The molecule has 1 amide bonds. The molecule has 1 aromatic rings. The first-order valence-corrected chi connectivity index (χ1v) is 7.86. The van der Waals surface area contributed by atoms with E-state index in [9.17, 15) is 4.79 Å². The lowest BCUT2D eigenvalue weighted by Gasteiger charge is -2.31. The Morgan fingerprint density at radius 1 is 1.33 bits per heavy atom. The van der Waals surface area contributed by atoms with Crippen LogP contribution in [0.5, 0.6) is 5.75 Å². The summed E-state index contributed by atoms with van der Waals surface area (Å²) in [6.45, 7) is 2.66. The van der Waals surface area contributed by atoms with E-state index in [1.54, 1.807) is 18.2 Å². The van der Waals surface area contributed by atoms with Gasteiger partial charge < -0.3 is 15.0 Å². The second kappa shape index (κ2) is 7.87. The Morgan fingerprint density at radius 2 is 2.05 bits per heavy atom. The summed E-state index contributed by atoms with van der Waals surface area (Å²) in [6.07, 6.45) is 2.08. The number of halogens is 2. The van der Waals surface area contributed by atoms with Crippen LogP contribution < -0.4 is 10.1 Å². The van der Waals surface area contributed by atoms with Crippen molar-refractivity contribution in [1.82, 2.24) is 10.2 Å². The molecule has 0 radical (unpaired) electrons. The maximum atomic E-state index is 12.1. The van der Waals surface area contributed by atoms with E-state index in [1.165, 1.54) is 0 Å². The number of piperidine rings is 1. The van der Waals surface area contributed by atoms with Crippen LogP contribution >= 0.6 is 23.2 Å². The summed E-state index contributed by atoms with van der Waals surface area (Å²) in [5.74, 6) is 1.24. The number of rotatable bonds is 5. The maximum Gasteiger partial charge on any atom is 0.260 e. The van der Waals surface area contributed by atoms with Crippen molar-refractivity contribution >= 4 is 29.1 Å². The Balaban J connectivity index is 1.78. The molecule has 4 nitrogen and oxygen atoms in total. The number of nitrogens with zero attached hydrogens (tertiary/aromatic N) is 1. The molecular weight excluding hydrogens is 311 g/mol. The molecule has 0 bridgehead atoms. The molecule has 0 unspecified atom stereocenters. The van der Waals surface area contributed by atoms with Crippen molar-refractivity contribution < 1.29 is 9.53 Å². The molecule has 6 heteroatoms. The van der Waals surface area contributed by atoms with Crippen molar-refractivity contribution in [3.05, 3.63) is 28.2 Å². The van der Waals surface area contributed by atoms with Crippen molar-refractivity contribution in [2.24, 2.45) is 5.92 Å². The molecule has 1 aliphatic heterocycles. The van der Waals surface area contributed by atoms with E-state index in [0.717, 1.165) is 32.5 Å². The van der Waals surface area contributed by atoms with E-state index < -0.39 is 0 Å². The molecule has 0 aromatic heterocycles. The lowest BCUT2D eigenvalue weighted by Crippen LogP contribution is -2.42. The van der Waals surface area contributed by atoms with Crippen LogP contribution in [0.1, 0.15) is 12.8 Å². The molecule has 0 aliphatic carbocycles. The third kappa shape index (κ3) is 4.77. The van der Waals surface area contributed by atoms with Crippen LogP contribution in [-0.2, 0) is 4.79 Å². The number of carbonyl (C=O) groups excluding carboxylic acids is 1. The van der Waals surface area contributed by atoms with E-state index in [1.807, 2.05) is 11.9 Å². The lowest BCUT2D eigenvalue weighted by molar-refractivity contribution is -0.134. The summed E-state index contributed by atoms with van der Waals surface area (Å²) < 4.78 is 5.48. The molecule has 21 heavy (non-hydrogen) atoms. The summed E-state index contributed by atoms with van der Waals surface area (Å²) >= 11 is 11.7. The van der Waals surface area contributed by atoms with Crippen molar-refractivity contribution in [2.75, 3.05) is 33.3 Å². The Morgan fingerprint density at radius 3 is 2.67 bits per heavy atom. The van der Waals surface area contributed by atoms with Gasteiger partial charge in [0, 0.05) is 19.2 Å². The van der Waals surface area contributed by atoms with Gasteiger partial charge in [0.1, 0.15) is 5.75 Å². The topological polar surface area (TPSA) is 41.6 Å². The molecular formula is C15H20Cl2N2O2. The van der Waals surface area contributed by atoms with Crippen LogP contribution in [-0.4, -0.2) is 44.1 Å². The first-order chi connectivity index (χ1) is 10.1. The Hall–Kier alpha value is -0.970. The Labute approximate surface area is 135 Å². The van der Waals surface area contributed by atoms with E-state index in [4.69, 9.17) is 27.9 Å². The highest BCUT2D eigenvalue weighted by Gasteiger charge is 2.22. The highest BCUT2D eigenvalue weighted by Crippen LogP contribution is 2.26. The summed E-state index contributed by atoms with van der Waals surface area (Å²) in [7, 11) is 1.96. The van der Waals surface area contributed by atoms with Crippen LogP contribution in [0.3, 0.4) is 0 Å². The van der Waals surface area contributed by atoms with E-state index in [2.05, 4.69) is 5.32 Å². The lowest BCUT2D eigenvalue weighted by atomic mass is 9.97. The molecule has 1 heterocycles. The third-order valence-electron chi connectivity index (χ3n) is 3.71. The van der Waals surface area contributed by atoms with Crippen molar-refractivity contribution in [2.45, 2.75) is 12.8 Å². The number of amides is 1. The second-order valence-corrected chi connectivity index (χ2v) is 6.06. The number of nitrogens with one attached hydrogen (secondary N) is 1. The maximum absolute atomic E-state index is 12.1. The first-order valence-electron chi connectivity index (χ1n) is 7.10. The van der Waals surface area contributed by atoms with Gasteiger partial charge in [-0.05, 0) is 44.5 Å². The van der Waals surface area contributed by atoms with Gasteiger partial charge in [-0.1, -0.05) is 23.2 Å². The predicted octanol–water partition coefficient (Wildman–Crippen LogP) is 2.83. The molecule has 0 spiro atoms. The summed E-state index contributed by atoms with van der Waals surface area (Å²) in [6, 6.07) is 4.99. The molecule has 1 aromatic carbocycles. The minimum atomic E-state index is 0.0176. The summed E-state index contributed by atoms with van der Waals surface area (Å²) in [4.78, 5) is 14.0. The minimum absolute atomic E-state index is 0.0176. The average molecular weight is 331 g/mol. The highest BCUT2D eigenvalue weighted by atomic mass is 35.5. The number of benzene rings is 1. The Bertz CT molecular complexity index is 489. The second-order valence-electron chi connectivity index (χ2n) is 5.25. The number of hydrogen-bond acceptors (Lipinski definition) is 3. The van der Waals surface area contributed by atoms with Crippen molar-refractivity contribution in [3.63, 3.8) is 0 Å². The monoisotopic (exact) mass is 330 g/mol. The SMILES string of the molecule is CNCC1CCN(C(=O)COc2ccc(Cl)c(Cl)c2)CC1. The van der Waals surface area contributed by atoms with Gasteiger partial charge >= 0.3 is 0 Å². The fourth-order valence-corrected chi connectivity index (χ4v) is 2.77. The molecule has 1 N–H and O–H groups in total. The first kappa shape index (κ1) is 16.4. The predicted molar refractivity (Wildman–Crippen MR) is 85.2 cm³/mol. The number of likely N-dealkylation sites (tertiary alicyclic amines) is 1. The quantitative estimate of drug-likeness (QED) is 0.902. The molecule has 116 valence electrons. The summed E-state index contributed by atoms with van der Waals surface area (Å²) in [5.41, 5.74) is 0. The van der Waals surface area contributed by atoms with Crippen LogP contribution in [0.2, 0.25) is 10.0 Å². The fourth-order valence-electron chi connectivity index (χ4n) is 2.48. The third-order valence-corrected chi connectivity index (χ3v) is 4.45. The van der Waals surface area contributed by atoms with Crippen LogP contribution in [0.15, 0.2) is 18.2 Å². The van der Waals surface area contributed by atoms with Crippen molar-refractivity contribution in [1.29, 1.82) is 0 Å². The van der Waals surface area contributed by atoms with Crippen LogP contribution in [0.25, 0.3) is 0 Å². The molecule has 1 fully saturated rings. The van der Waals surface area contributed by atoms with Gasteiger partial charge in [0.2, 0.25) is 0 Å². The van der Waals surface area contributed by atoms with Gasteiger partial charge in [-0.25, -0.2) is 0 Å². The van der Waals surface area contributed by atoms with Gasteiger partial charge in [-0.3, -0.25) is 4.79 Å². The smallest absolute Gasteiger partial charge is 0.260 e. The summed E-state index contributed by atoms with van der Waals surface area (Å²) in [5, 5.41) is 4.09. The van der Waals surface area contributed by atoms with E-state index in [0.29, 0.717) is 21.7 Å². The largest absolute Gasteiger partial charge is 0.484 e. The zero-order chi connectivity index (χ0) is 15.2. The molecule has 1 aliphatic rings. The molecule has 0 saturated carbocycles. The zero-order valence-electron chi connectivity index (χ0n) is 12.1. The van der Waals surface area contributed by atoms with Gasteiger partial charge in [0.05, 0.1) is 10.0 Å². The number of ether oxygens (including phenoxy) is 1. The average Bonchev–Trinajstić information content (AvgIpc) is 2.49. The Kier molecular flexibility index (Phi) is 6.15. The highest BCUT2D eigenvalue weighted by molar-refractivity contribution is 6.42. The standard InChI is InChI=1S/C15H20Cl2N2O2/c1-18-9-11-4-6-19(7-5-11)15(20)10-21-12-2-3-13(16)14(17)8-12/h2-3,8,11,18H,4-7,9-10H2,1H3. The fraction of sp³-hybridized carbons (Fsp3) is 0.533. The minimum Gasteiger partial charge on any atom is -0.484 e.